The molecule has 3 heterocycles. The topological polar surface area (TPSA) is 149 Å². The Hall–Kier alpha value is -2.51. The minimum absolute atomic E-state index is 0. The third-order valence-corrected chi connectivity index (χ3v) is 6.58. The number of anilines is 1. The minimum Gasteiger partial charge on any atom is -0.496 e. The molecular weight excluding hydrogens is 541 g/mol. The molecule has 10 nitrogen and oxygen atoms in total. The van der Waals surface area contributed by atoms with Crippen LogP contribution in [0.1, 0.15) is 70.3 Å². The standard InChI is InChI=1S/C19H20ClN5O2.C8H19O2P.H2O/c1-11-8-22-14(12(2)16(11)27-3)10-25-9-13(6-4-5-7-26)15-17(20)23-19(21)24-18(15)25;1-7(2,3)9-11-10-8(4,5)6;/h8-9,26H,5,7,10H2,1-3H3,(H2,21,23,24);11H,1-6H3;1H2. The zero-order chi connectivity index (χ0) is 28.7. The minimum atomic E-state index is -0.0936. The molecule has 0 aliphatic carbocycles. The molecule has 0 radical (unpaired) electrons. The van der Waals surface area contributed by atoms with Crippen molar-refractivity contribution in [3.8, 4) is 17.6 Å². The first-order chi connectivity index (χ1) is 17.7. The molecule has 216 valence electrons. The summed E-state index contributed by atoms with van der Waals surface area (Å²) in [5, 5.41) is 9.83. The van der Waals surface area contributed by atoms with E-state index in [0.717, 1.165) is 22.6 Å². The maximum absolute atomic E-state index is 8.96. The van der Waals surface area contributed by atoms with E-state index in [9.17, 15) is 0 Å². The summed E-state index contributed by atoms with van der Waals surface area (Å²) in [5.41, 5.74) is 9.64. The van der Waals surface area contributed by atoms with Crippen LogP contribution >= 0.6 is 20.6 Å². The lowest BCUT2D eigenvalue weighted by molar-refractivity contribution is 0.0846. The van der Waals surface area contributed by atoms with Crippen molar-refractivity contribution in [3.05, 3.63) is 39.9 Å². The molecule has 0 saturated carbocycles. The number of methoxy groups -OCH3 is 1. The van der Waals surface area contributed by atoms with Gasteiger partial charge in [-0.1, -0.05) is 23.4 Å². The number of nitrogens with zero attached hydrogens (tertiary/aromatic N) is 4. The Bertz CT molecular complexity index is 1290. The molecular formula is C27H41ClN5O5P. The third-order valence-electron chi connectivity index (χ3n) is 4.91. The van der Waals surface area contributed by atoms with E-state index in [1.807, 2.05) is 66.2 Å². The molecule has 0 saturated heterocycles. The van der Waals surface area contributed by atoms with Crippen LogP contribution in [-0.2, 0) is 15.6 Å². The average molecular weight is 582 g/mol. The number of halogens is 1. The van der Waals surface area contributed by atoms with E-state index in [4.69, 9.17) is 36.2 Å². The number of aliphatic hydroxyl groups excluding tert-OH is 1. The van der Waals surface area contributed by atoms with Gasteiger partial charge in [-0.25, -0.2) is 4.98 Å². The molecule has 3 aromatic heterocycles. The molecule has 0 aliphatic rings. The van der Waals surface area contributed by atoms with Gasteiger partial charge in [-0.3, -0.25) is 4.98 Å². The molecule has 39 heavy (non-hydrogen) atoms. The number of pyridine rings is 1. The van der Waals surface area contributed by atoms with E-state index < -0.39 is 0 Å². The smallest absolute Gasteiger partial charge is 0.223 e. The van der Waals surface area contributed by atoms with Gasteiger partial charge in [0.05, 0.1) is 48.1 Å². The number of nitrogens with two attached hydrogens (primary N) is 1. The third kappa shape index (κ3) is 10.5. The molecule has 3 aromatic rings. The Morgan fingerprint density at radius 2 is 1.72 bits per heavy atom. The highest BCUT2D eigenvalue weighted by atomic mass is 35.5. The number of aliphatic hydroxyl groups is 1. The summed E-state index contributed by atoms with van der Waals surface area (Å²) < 4.78 is 18.2. The lowest BCUT2D eigenvalue weighted by Gasteiger charge is -2.23. The SMILES string of the molecule is CC(C)(C)OPOC(C)(C)C.COc1c(C)cnc(Cn2cc(C#CCCO)c3c(Cl)nc(N)nc32)c1C.O. The molecule has 0 bridgehead atoms. The Morgan fingerprint density at radius 1 is 1.10 bits per heavy atom. The highest BCUT2D eigenvalue weighted by Gasteiger charge is 2.17. The number of nitrogen functional groups attached to an aromatic ring is 1. The number of aromatic nitrogens is 4. The zero-order valence-electron chi connectivity index (χ0n) is 24.2. The first kappa shape index (κ1) is 34.5. The second kappa shape index (κ2) is 14.8. The van der Waals surface area contributed by atoms with E-state index in [-0.39, 0.29) is 43.4 Å². The molecule has 12 heteroatoms. The van der Waals surface area contributed by atoms with Crippen LogP contribution in [0.3, 0.4) is 0 Å². The van der Waals surface area contributed by atoms with Crippen molar-refractivity contribution in [2.24, 2.45) is 0 Å². The molecule has 0 aliphatic heterocycles. The Balaban J connectivity index is 0.000000541. The first-order valence-corrected chi connectivity index (χ1v) is 13.4. The molecule has 0 fully saturated rings. The second-order valence-corrected chi connectivity index (χ2v) is 11.5. The van der Waals surface area contributed by atoms with E-state index in [1.165, 1.54) is 0 Å². The van der Waals surface area contributed by atoms with Crippen molar-refractivity contribution in [1.29, 1.82) is 0 Å². The van der Waals surface area contributed by atoms with Crippen LogP contribution in [0.25, 0.3) is 11.0 Å². The van der Waals surface area contributed by atoms with Crippen LogP contribution in [0.2, 0.25) is 5.15 Å². The van der Waals surface area contributed by atoms with Gasteiger partial charge in [0.15, 0.2) is 9.03 Å². The van der Waals surface area contributed by atoms with Crippen LogP contribution < -0.4 is 10.5 Å². The number of aryl methyl sites for hydroxylation is 1. The predicted molar refractivity (Wildman–Crippen MR) is 159 cm³/mol. The molecule has 0 unspecified atom stereocenters. The number of hydrogen-bond acceptors (Lipinski definition) is 8. The summed E-state index contributed by atoms with van der Waals surface area (Å²) in [6, 6.07) is 0. The number of fused-ring (bicyclic) bond motifs is 1. The molecule has 0 spiro atoms. The van der Waals surface area contributed by atoms with Gasteiger partial charge in [0.2, 0.25) is 5.95 Å². The molecule has 0 aromatic carbocycles. The van der Waals surface area contributed by atoms with E-state index in [2.05, 4.69) is 26.8 Å². The summed E-state index contributed by atoms with van der Waals surface area (Å²) in [7, 11) is 1.78. The van der Waals surface area contributed by atoms with Gasteiger partial charge in [-0.05, 0) is 55.4 Å². The number of hydrogen-bond donors (Lipinski definition) is 2. The lowest BCUT2D eigenvalue weighted by atomic mass is 10.1. The summed E-state index contributed by atoms with van der Waals surface area (Å²) in [6.45, 7) is 16.5. The van der Waals surface area contributed by atoms with Crippen LogP contribution in [-0.4, -0.2) is 55.0 Å². The Kier molecular flexibility index (Phi) is 13.1. The highest BCUT2D eigenvalue weighted by molar-refractivity contribution is 7.26. The monoisotopic (exact) mass is 581 g/mol. The highest BCUT2D eigenvalue weighted by Crippen LogP contribution is 2.30. The van der Waals surface area contributed by atoms with Crippen LogP contribution in [0.5, 0.6) is 5.75 Å². The van der Waals surface area contributed by atoms with Gasteiger partial charge in [0.1, 0.15) is 16.5 Å². The first-order valence-electron chi connectivity index (χ1n) is 12.2. The fraction of sp³-hybridized carbons (Fsp3) is 0.519. The van der Waals surface area contributed by atoms with Crippen molar-refractivity contribution >= 4 is 37.6 Å². The molecule has 5 N–H and O–H groups in total. The maximum atomic E-state index is 8.96. The number of ether oxygens (including phenoxy) is 1. The predicted octanol–water partition coefficient (Wildman–Crippen LogP) is 4.77. The summed E-state index contributed by atoms with van der Waals surface area (Å²) in [5.74, 6) is 6.83. The van der Waals surface area contributed by atoms with Crippen LogP contribution in [0.4, 0.5) is 5.95 Å². The largest absolute Gasteiger partial charge is 0.496 e. The lowest BCUT2D eigenvalue weighted by Crippen LogP contribution is -2.18. The van der Waals surface area contributed by atoms with Gasteiger partial charge in [0.25, 0.3) is 0 Å². The Labute approximate surface area is 237 Å². The van der Waals surface area contributed by atoms with E-state index in [0.29, 0.717) is 29.6 Å². The van der Waals surface area contributed by atoms with Crippen LogP contribution in [0, 0.1) is 25.7 Å². The second-order valence-electron chi connectivity index (χ2n) is 10.6. The van der Waals surface area contributed by atoms with Crippen molar-refractivity contribution in [1.82, 2.24) is 19.5 Å². The maximum Gasteiger partial charge on any atom is 0.223 e. The van der Waals surface area contributed by atoms with Crippen molar-refractivity contribution in [3.63, 3.8) is 0 Å². The molecule has 3 rings (SSSR count). The summed E-state index contributed by atoms with van der Waals surface area (Å²) in [4.78, 5) is 12.9. The van der Waals surface area contributed by atoms with Gasteiger partial charge in [0, 0.05) is 29.9 Å². The fourth-order valence-electron chi connectivity index (χ4n) is 3.25. The van der Waals surface area contributed by atoms with Crippen molar-refractivity contribution in [2.75, 3.05) is 19.5 Å². The van der Waals surface area contributed by atoms with E-state index >= 15 is 0 Å². The zero-order valence-corrected chi connectivity index (χ0v) is 25.9. The van der Waals surface area contributed by atoms with Gasteiger partial charge >= 0.3 is 0 Å². The average Bonchev–Trinajstić information content (AvgIpc) is 3.12. The Morgan fingerprint density at radius 3 is 2.26 bits per heavy atom. The van der Waals surface area contributed by atoms with Crippen molar-refractivity contribution < 1.29 is 24.4 Å². The van der Waals surface area contributed by atoms with Crippen molar-refractivity contribution in [2.45, 2.75) is 79.6 Å². The van der Waals surface area contributed by atoms with Gasteiger partial charge in [-0.2, -0.15) is 4.98 Å². The number of rotatable bonds is 6. The normalized spacial score (nSPS) is 11.3. The fourth-order valence-corrected chi connectivity index (χ4v) is 4.07. The van der Waals surface area contributed by atoms with Gasteiger partial charge in [-0.15, -0.1) is 0 Å². The molecule has 0 atom stereocenters. The quantitative estimate of drug-likeness (QED) is 0.240. The molecule has 0 amide bonds. The van der Waals surface area contributed by atoms with Gasteiger partial charge < -0.3 is 34.7 Å². The van der Waals surface area contributed by atoms with E-state index in [1.54, 1.807) is 13.3 Å². The summed E-state index contributed by atoms with van der Waals surface area (Å²) >= 11 is 6.30. The summed E-state index contributed by atoms with van der Waals surface area (Å²) in [6.07, 6.45) is 4.00. The van der Waals surface area contributed by atoms with Crippen LogP contribution in [0.15, 0.2) is 12.4 Å².